The molecular weight excluding hydrogens is 293 g/mol. The molecule has 2 rings (SSSR count). The molecule has 0 N–H and O–H groups in total. The van der Waals surface area contributed by atoms with Gasteiger partial charge in [-0.3, -0.25) is 4.79 Å². The minimum Gasteiger partial charge on any atom is -0.497 e. The number of methoxy groups -OCH3 is 2. The van der Waals surface area contributed by atoms with Crippen molar-refractivity contribution in [1.82, 2.24) is 4.90 Å². The highest BCUT2D eigenvalue weighted by atomic mass is 31.0. The lowest BCUT2D eigenvalue weighted by Crippen LogP contribution is -2.39. The third kappa shape index (κ3) is 3.10. The number of imide groups is 1. The summed E-state index contributed by atoms with van der Waals surface area (Å²) in [6.45, 7) is 2.00. The van der Waals surface area contributed by atoms with E-state index in [1.807, 2.05) is 0 Å². The highest BCUT2D eigenvalue weighted by molar-refractivity contribution is 7.19. The van der Waals surface area contributed by atoms with Crippen LogP contribution in [0.4, 0.5) is 4.79 Å². The van der Waals surface area contributed by atoms with Crippen molar-refractivity contribution in [1.29, 1.82) is 0 Å². The van der Waals surface area contributed by atoms with Crippen LogP contribution in [0.3, 0.4) is 0 Å². The standard InChI is InChI=1S/C14H18NO5P/c1-8-7-20-14(17)15(8)13(16)12(21)9-4-10(18-2)6-11(5-9)19-3/h4-6,8,12H,7,21H2,1-3H3. The number of ether oxygens (including phenoxy) is 3. The Morgan fingerprint density at radius 3 is 2.33 bits per heavy atom. The van der Waals surface area contributed by atoms with Crippen molar-refractivity contribution in [2.45, 2.75) is 18.6 Å². The van der Waals surface area contributed by atoms with Gasteiger partial charge in [-0.1, -0.05) is 0 Å². The smallest absolute Gasteiger partial charge is 0.416 e. The van der Waals surface area contributed by atoms with Gasteiger partial charge in [-0.15, -0.1) is 9.24 Å². The maximum Gasteiger partial charge on any atom is 0.416 e. The third-order valence-electron chi connectivity index (χ3n) is 3.32. The van der Waals surface area contributed by atoms with Crippen molar-refractivity contribution in [3.63, 3.8) is 0 Å². The summed E-state index contributed by atoms with van der Waals surface area (Å²) in [4.78, 5) is 25.3. The molecule has 1 aromatic carbocycles. The summed E-state index contributed by atoms with van der Waals surface area (Å²) in [7, 11) is 5.53. The van der Waals surface area contributed by atoms with Crippen LogP contribution in [0.15, 0.2) is 18.2 Å². The highest BCUT2D eigenvalue weighted by Gasteiger charge is 2.37. The average molecular weight is 311 g/mol. The van der Waals surface area contributed by atoms with E-state index in [0.717, 1.165) is 4.90 Å². The Labute approximate surface area is 125 Å². The van der Waals surface area contributed by atoms with Crippen LogP contribution in [0, 0.1) is 0 Å². The fraction of sp³-hybridized carbons (Fsp3) is 0.429. The molecule has 1 aromatic rings. The summed E-state index contributed by atoms with van der Waals surface area (Å²) in [6.07, 6.45) is -0.602. The molecule has 3 atom stereocenters. The number of carbonyl (C=O) groups excluding carboxylic acids is 2. The minimum atomic E-state index is -0.602. The molecule has 21 heavy (non-hydrogen) atoms. The second-order valence-electron chi connectivity index (χ2n) is 4.76. The number of rotatable bonds is 4. The molecule has 2 amide bonds. The van der Waals surface area contributed by atoms with Crippen LogP contribution in [0.25, 0.3) is 0 Å². The monoisotopic (exact) mass is 311 g/mol. The van der Waals surface area contributed by atoms with Crippen molar-refractivity contribution < 1.29 is 23.8 Å². The molecule has 114 valence electrons. The lowest BCUT2D eigenvalue weighted by Gasteiger charge is -2.21. The predicted octanol–water partition coefficient (Wildman–Crippen LogP) is 1.99. The van der Waals surface area contributed by atoms with Crippen LogP contribution in [0.2, 0.25) is 0 Å². The van der Waals surface area contributed by atoms with Crippen LogP contribution >= 0.6 is 9.24 Å². The first-order valence-corrected chi connectivity index (χ1v) is 7.13. The number of hydrogen-bond acceptors (Lipinski definition) is 5. The molecule has 0 radical (unpaired) electrons. The Bertz CT molecular complexity index is 540. The average Bonchev–Trinajstić information content (AvgIpc) is 2.84. The molecule has 1 heterocycles. The molecular formula is C14H18NO5P. The molecule has 0 aliphatic carbocycles. The van der Waals surface area contributed by atoms with E-state index in [9.17, 15) is 9.59 Å². The number of benzene rings is 1. The Morgan fingerprint density at radius 2 is 1.90 bits per heavy atom. The summed E-state index contributed by atoms with van der Waals surface area (Å²) in [5, 5.41) is 0. The molecule has 0 bridgehead atoms. The van der Waals surface area contributed by atoms with E-state index in [1.165, 1.54) is 14.2 Å². The normalized spacial score (nSPS) is 19.1. The van der Waals surface area contributed by atoms with Gasteiger partial charge in [-0.2, -0.15) is 0 Å². The number of hydrogen-bond donors (Lipinski definition) is 0. The summed E-state index contributed by atoms with van der Waals surface area (Å²) < 4.78 is 15.3. The summed E-state index contributed by atoms with van der Waals surface area (Å²) in [6, 6.07) is 4.94. The number of amides is 2. The Balaban J connectivity index is 2.28. The van der Waals surface area contributed by atoms with Crippen LogP contribution < -0.4 is 9.47 Å². The predicted molar refractivity (Wildman–Crippen MR) is 79.7 cm³/mol. The lowest BCUT2D eigenvalue weighted by atomic mass is 10.1. The van der Waals surface area contributed by atoms with Gasteiger partial charge in [-0.05, 0) is 24.6 Å². The van der Waals surface area contributed by atoms with Gasteiger partial charge in [0.15, 0.2) is 0 Å². The first kappa shape index (κ1) is 15.6. The van der Waals surface area contributed by atoms with Crippen molar-refractivity contribution in [2.24, 2.45) is 0 Å². The summed E-state index contributed by atoms with van der Waals surface area (Å²) >= 11 is 0. The van der Waals surface area contributed by atoms with Gasteiger partial charge in [0.05, 0.1) is 25.9 Å². The Hall–Kier alpha value is -1.81. The quantitative estimate of drug-likeness (QED) is 0.796. The highest BCUT2D eigenvalue weighted by Crippen LogP contribution is 2.33. The van der Waals surface area contributed by atoms with Gasteiger partial charge < -0.3 is 14.2 Å². The lowest BCUT2D eigenvalue weighted by molar-refractivity contribution is -0.128. The van der Waals surface area contributed by atoms with Crippen LogP contribution in [0.5, 0.6) is 11.5 Å². The molecule has 3 unspecified atom stereocenters. The minimum absolute atomic E-state index is 0.226. The SMILES string of the molecule is COc1cc(OC)cc(C(P)C(=O)N2C(=O)OCC2C)c1. The fourth-order valence-corrected chi connectivity index (χ4v) is 2.48. The number of carbonyl (C=O) groups is 2. The maximum atomic E-state index is 12.5. The van der Waals surface area contributed by atoms with E-state index in [2.05, 4.69) is 9.24 Å². The van der Waals surface area contributed by atoms with Crippen molar-refractivity contribution >= 4 is 21.2 Å². The molecule has 1 aliphatic heterocycles. The van der Waals surface area contributed by atoms with E-state index in [1.54, 1.807) is 25.1 Å². The van der Waals surface area contributed by atoms with Gasteiger partial charge in [0.2, 0.25) is 5.91 Å². The van der Waals surface area contributed by atoms with Gasteiger partial charge in [0.25, 0.3) is 0 Å². The third-order valence-corrected chi connectivity index (χ3v) is 3.99. The topological polar surface area (TPSA) is 65.1 Å². The summed E-state index contributed by atoms with van der Waals surface area (Å²) in [5.74, 6) is 0.841. The molecule has 0 aromatic heterocycles. The zero-order valence-electron chi connectivity index (χ0n) is 12.2. The van der Waals surface area contributed by atoms with E-state index in [-0.39, 0.29) is 18.6 Å². The second-order valence-corrected chi connectivity index (χ2v) is 5.42. The first-order chi connectivity index (χ1) is 9.97. The molecule has 6 nitrogen and oxygen atoms in total. The van der Waals surface area contributed by atoms with Crippen LogP contribution in [-0.2, 0) is 9.53 Å². The Morgan fingerprint density at radius 1 is 1.33 bits per heavy atom. The van der Waals surface area contributed by atoms with E-state index in [4.69, 9.17) is 14.2 Å². The summed E-state index contributed by atoms with van der Waals surface area (Å²) in [5.41, 5.74) is 0.107. The zero-order valence-corrected chi connectivity index (χ0v) is 13.3. The van der Waals surface area contributed by atoms with Gasteiger partial charge >= 0.3 is 6.09 Å². The van der Waals surface area contributed by atoms with E-state index < -0.39 is 11.8 Å². The molecule has 1 aliphatic rings. The van der Waals surface area contributed by atoms with Gasteiger partial charge in [0, 0.05) is 6.07 Å². The van der Waals surface area contributed by atoms with Crippen molar-refractivity contribution in [3.8, 4) is 11.5 Å². The zero-order chi connectivity index (χ0) is 15.6. The van der Waals surface area contributed by atoms with Gasteiger partial charge in [0.1, 0.15) is 18.1 Å². The van der Waals surface area contributed by atoms with Crippen LogP contribution in [0.1, 0.15) is 18.1 Å². The van der Waals surface area contributed by atoms with Crippen molar-refractivity contribution in [2.75, 3.05) is 20.8 Å². The molecule has 1 fully saturated rings. The molecule has 0 saturated carbocycles. The van der Waals surface area contributed by atoms with Crippen molar-refractivity contribution in [3.05, 3.63) is 23.8 Å². The molecule has 7 heteroatoms. The fourth-order valence-electron chi connectivity index (χ4n) is 2.12. The number of nitrogens with zero attached hydrogens (tertiary/aromatic N) is 1. The second kappa shape index (κ2) is 6.31. The largest absolute Gasteiger partial charge is 0.497 e. The number of cyclic esters (lactones) is 1. The van der Waals surface area contributed by atoms with E-state index >= 15 is 0 Å². The first-order valence-electron chi connectivity index (χ1n) is 6.46. The van der Waals surface area contributed by atoms with Gasteiger partial charge in [-0.25, -0.2) is 9.69 Å². The Kier molecular flexibility index (Phi) is 4.68. The maximum absolute atomic E-state index is 12.5. The molecule has 1 saturated heterocycles. The molecule has 0 spiro atoms. The van der Waals surface area contributed by atoms with Crippen LogP contribution in [-0.4, -0.2) is 43.8 Å². The van der Waals surface area contributed by atoms with E-state index in [0.29, 0.717) is 17.1 Å².